The number of benzene rings is 2. The smallest absolute Gasteiger partial charge is 0.123 e. The normalized spacial score (nSPS) is 12.3. The summed E-state index contributed by atoms with van der Waals surface area (Å²) in [5.74, 6) is 0.446. The van der Waals surface area contributed by atoms with Crippen molar-refractivity contribution in [3.8, 4) is 5.75 Å². The zero-order chi connectivity index (χ0) is 20.4. The number of phenolic OH excluding ortho intramolecular Hbond substituents is 1. The number of aromatic hydroxyl groups is 1. The molecule has 2 heteroatoms. The van der Waals surface area contributed by atoms with Gasteiger partial charge in [-0.1, -0.05) is 73.6 Å². The summed E-state index contributed by atoms with van der Waals surface area (Å²) in [5.41, 5.74) is 7.05. The lowest BCUT2D eigenvalue weighted by molar-refractivity contribution is 0.423. The molecule has 0 aliphatic rings. The quantitative estimate of drug-likeness (QED) is 0.614. The molecule has 0 spiro atoms. The first-order valence-electron chi connectivity index (χ1n) is 10.2. The van der Waals surface area contributed by atoms with E-state index in [0.717, 1.165) is 30.5 Å². The van der Waals surface area contributed by atoms with Gasteiger partial charge in [0.15, 0.2) is 0 Å². The number of para-hydroxylation sites is 1. The van der Waals surface area contributed by atoms with Crippen molar-refractivity contribution in [2.24, 2.45) is 0 Å². The van der Waals surface area contributed by atoms with Crippen molar-refractivity contribution in [2.45, 2.75) is 85.6 Å². The monoisotopic (exact) mass is 367 g/mol. The summed E-state index contributed by atoms with van der Waals surface area (Å²) in [4.78, 5) is 0. The second-order valence-electron chi connectivity index (χ2n) is 9.55. The van der Waals surface area contributed by atoms with Gasteiger partial charge in [0.05, 0.1) is 0 Å². The molecule has 2 aromatic carbocycles. The first-order chi connectivity index (χ1) is 12.5. The molecule has 0 amide bonds. The van der Waals surface area contributed by atoms with Crippen LogP contribution in [0.5, 0.6) is 5.75 Å². The van der Waals surface area contributed by atoms with Gasteiger partial charge in [-0.2, -0.15) is 0 Å². The van der Waals surface area contributed by atoms with Crippen LogP contribution in [0.25, 0.3) is 0 Å². The molecule has 2 N–H and O–H groups in total. The molecule has 0 fully saturated rings. The van der Waals surface area contributed by atoms with Gasteiger partial charge in [-0.25, -0.2) is 0 Å². The van der Waals surface area contributed by atoms with Crippen LogP contribution in [0.15, 0.2) is 30.3 Å². The molecule has 0 radical (unpaired) electrons. The van der Waals surface area contributed by atoms with Crippen LogP contribution >= 0.6 is 0 Å². The van der Waals surface area contributed by atoms with Crippen molar-refractivity contribution in [1.29, 1.82) is 0 Å². The van der Waals surface area contributed by atoms with Gasteiger partial charge in [0.2, 0.25) is 0 Å². The molecule has 0 aliphatic carbocycles. The molecule has 0 heterocycles. The molecule has 148 valence electrons. The van der Waals surface area contributed by atoms with Gasteiger partial charge in [0.1, 0.15) is 5.75 Å². The number of anilines is 1. The van der Waals surface area contributed by atoms with E-state index in [4.69, 9.17) is 0 Å². The van der Waals surface area contributed by atoms with Gasteiger partial charge in [-0.05, 0) is 63.6 Å². The van der Waals surface area contributed by atoms with Crippen molar-refractivity contribution >= 4 is 5.69 Å². The molecule has 2 rings (SSSR count). The van der Waals surface area contributed by atoms with Crippen LogP contribution in [0, 0.1) is 0 Å². The van der Waals surface area contributed by atoms with E-state index in [2.05, 4.69) is 91.0 Å². The average molecular weight is 368 g/mol. The predicted octanol–water partition coefficient (Wildman–Crippen LogP) is 6.72. The Bertz CT molecular complexity index is 734. The summed E-state index contributed by atoms with van der Waals surface area (Å²) in [7, 11) is 0. The SMILES string of the molecule is CCc1cccc(CC)c1NCc1cc(C(C)(C)C)c(O)c(C(C)(C)C)c1. The largest absolute Gasteiger partial charge is 0.507 e. The van der Waals surface area contributed by atoms with Crippen LogP contribution in [-0.4, -0.2) is 5.11 Å². The zero-order valence-electron chi connectivity index (χ0n) is 18.5. The summed E-state index contributed by atoms with van der Waals surface area (Å²) >= 11 is 0. The van der Waals surface area contributed by atoms with Crippen molar-refractivity contribution in [2.75, 3.05) is 5.32 Å². The highest BCUT2D eigenvalue weighted by molar-refractivity contribution is 5.59. The Kier molecular flexibility index (Phi) is 6.29. The molecule has 2 nitrogen and oxygen atoms in total. The minimum atomic E-state index is -0.101. The molecule has 0 unspecified atom stereocenters. The van der Waals surface area contributed by atoms with Crippen molar-refractivity contribution in [1.82, 2.24) is 0 Å². The number of hydrogen-bond acceptors (Lipinski definition) is 2. The number of nitrogens with one attached hydrogen (secondary N) is 1. The molecule has 0 saturated carbocycles. The summed E-state index contributed by atoms with van der Waals surface area (Å²) in [6.45, 7) is 18.1. The lowest BCUT2D eigenvalue weighted by Gasteiger charge is -2.28. The molecule has 27 heavy (non-hydrogen) atoms. The standard InChI is InChI=1S/C25H37NO/c1-9-18-12-11-13-19(10-2)22(18)26-16-17-14-20(24(3,4)5)23(27)21(15-17)25(6,7)8/h11-15,26-27H,9-10,16H2,1-8H3. The van der Waals surface area contributed by atoms with Crippen LogP contribution < -0.4 is 5.32 Å². The Labute approximate surface area is 166 Å². The first-order valence-corrected chi connectivity index (χ1v) is 10.2. The van der Waals surface area contributed by atoms with Crippen LogP contribution in [0.1, 0.15) is 83.2 Å². The van der Waals surface area contributed by atoms with Crippen molar-refractivity contribution in [3.05, 3.63) is 58.1 Å². The highest BCUT2D eigenvalue weighted by atomic mass is 16.3. The highest BCUT2D eigenvalue weighted by Gasteiger charge is 2.26. The lowest BCUT2D eigenvalue weighted by atomic mass is 9.78. The molecule has 0 atom stereocenters. The van der Waals surface area contributed by atoms with Crippen molar-refractivity contribution < 1.29 is 5.11 Å². The third-order valence-electron chi connectivity index (χ3n) is 5.25. The van der Waals surface area contributed by atoms with E-state index in [-0.39, 0.29) is 10.8 Å². The van der Waals surface area contributed by atoms with Gasteiger partial charge in [0.25, 0.3) is 0 Å². The summed E-state index contributed by atoms with van der Waals surface area (Å²) in [6.07, 6.45) is 2.04. The van der Waals surface area contributed by atoms with Crippen LogP contribution in [0.3, 0.4) is 0 Å². The van der Waals surface area contributed by atoms with E-state index >= 15 is 0 Å². The third-order valence-corrected chi connectivity index (χ3v) is 5.25. The van der Waals surface area contributed by atoms with E-state index in [0.29, 0.717) is 5.75 Å². The van der Waals surface area contributed by atoms with Gasteiger partial charge in [-0.3, -0.25) is 0 Å². The molecule has 0 saturated heterocycles. The fourth-order valence-corrected chi connectivity index (χ4v) is 3.60. The predicted molar refractivity (Wildman–Crippen MR) is 118 cm³/mol. The van der Waals surface area contributed by atoms with Gasteiger partial charge >= 0.3 is 0 Å². The second kappa shape index (κ2) is 7.96. The van der Waals surface area contributed by atoms with E-state index in [9.17, 15) is 5.11 Å². The van der Waals surface area contributed by atoms with Crippen molar-refractivity contribution in [3.63, 3.8) is 0 Å². The number of rotatable bonds is 5. The highest BCUT2D eigenvalue weighted by Crippen LogP contribution is 2.40. The first kappa shape index (κ1) is 21.3. The van der Waals surface area contributed by atoms with Crippen LogP contribution in [0.4, 0.5) is 5.69 Å². The molecule has 0 aliphatic heterocycles. The van der Waals surface area contributed by atoms with Gasteiger partial charge in [0, 0.05) is 12.2 Å². The summed E-state index contributed by atoms with van der Waals surface area (Å²) in [5, 5.41) is 14.6. The number of phenols is 1. The minimum Gasteiger partial charge on any atom is -0.507 e. The molecule has 2 aromatic rings. The Morgan fingerprint density at radius 1 is 0.815 bits per heavy atom. The fourth-order valence-electron chi connectivity index (χ4n) is 3.60. The van der Waals surface area contributed by atoms with E-state index < -0.39 is 0 Å². The Hall–Kier alpha value is -1.96. The Morgan fingerprint density at radius 2 is 1.26 bits per heavy atom. The van der Waals surface area contributed by atoms with Gasteiger partial charge in [-0.15, -0.1) is 0 Å². The Morgan fingerprint density at radius 3 is 1.63 bits per heavy atom. The van der Waals surface area contributed by atoms with Gasteiger partial charge < -0.3 is 10.4 Å². The molecule has 0 aromatic heterocycles. The lowest BCUT2D eigenvalue weighted by Crippen LogP contribution is -2.18. The Balaban J connectivity index is 2.46. The summed E-state index contributed by atoms with van der Waals surface area (Å²) < 4.78 is 0. The topological polar surface area (TPSA) is 32.3 Å². The molecular formula is C25H37NO. The van der Waals surface area contributed by atoms with E-state index in [1.165, 1.54) is 22.4 Å². The second-order valence-corrected chi connectivity index (χ2v) is 9.55. The maximum absolute atomic E-state index is 10.9. The van der Waals surface area contributed by atoms with E-state index in [1.54, 1.807) is 0 Å². The zero-order valence-corrected chi connectivity index (χ0v) is 18.5. The number of aryl methyl sites for hydroxylation is 2. The fraction of sp³-hybridized carbons (Fsp3) is 0.520. The van der Waals surface area contributed by atoms with E-state index in [1.807, 2.05) is 0 Å². The third kappa shape index (κ3) is 4.86. The number of hydrogen-bond donors (Lipinski definition) is 2. The van der Waals surface area contributed by atoms with Crippen LogP contribution in [-0.2, 0) is 30.2 Å². The average Bonchev–Trinajstić information content (AvgIpc) is 2.58. The maximum Gasteiger partial charge on any atom is 0.123 e. The summed E-state index contributed by atoms with van der Waals surface area (Å²) in [6, 6.07) is 10.9. The maximum atomic E-state index is 10.9. The molecule has 0 bridgehead atoms. The minimum absolute atomic E-state index is 0.101. The molecular weight excluding hydrogens is 330 g/mol. The van der Waals surface area contributed by atoms with Crippen LogP contribution in [0.2, 0.25) is 0 Å².